The third-order valence-electron chi connectivity index (χ3n) is 5.64. The first-order valence-corrected chi connectivity index (χ1v) is 11.2. The van der Waals surface area contributed by atoms with Gasteiger partial charge in [-0.05, 0) is 74.5 Å². The van der Waals surface area contributed by atoms with Crippen LogP contribution in [0.2, 0.25) is 0 Å². The van der Waals surface area contributed by atoms with E-state index in [-0.39, 0.29) is 11.8 Å². The van der Waals surface area contributed by atoms with Crippen LogP contribution in [0.25, 0.3) is 0 Å². The van der Waals surface area contributed by atoms with E-state index in [4.69, 9.17) is 9.47 Å². The lowest BCUT2D eigenvalue weighted by Gasteiger charge is -2.15. The van der Waals surface area contributed by atoms with Gasteiger partial charge in [0, 0.05) is 16.7 Å². The molecule has 7 nitrogen and oxygen atoms in total. The Hall–Kier alpha value is -4.13. The maximum atomic E-state index is 13.0. The Morgan fingerprint density at radius 3 is 2.41 bits per heavy atom. The second-order valence-electron chi connectivity index (χ2n) is 8.05. The van der Waals surface area contributed by atoms with Gasteiger partial charge in [-0.1, -0.05) is 17.7 Å². The lowest BCUT2D eigenvalue weighted by molar-refractivity contribution is -0.596. The number of nitrogens with zero attached hydrogens (tertiary/aromatic N) is 1. The van der Waals surface area contributed by atoms with Gasteiger partial charge in [0.15, 0.2) is 6.04 Å². The van der Waals surface area contributed by atoms with E-state index in [0.717, 1.165) is 22.4 Å². The molecule has 1 aliphatic heterocycles. The number of benzene rings is 3. The summed E-state index contributed by atoms with van der Waals surface area (Å²) in [5, 5.41) is 2.93. The number of hydrazine groups is 1. The normalized spacial score (nSPS) is 18.4. The van der Waals surface area contributed by atoms with Crippen molar-refractivity contribution in [2.24, 2.45) is 0 Å². The Bertz CT molecular complexity index is 1200. The third kappa shape index (κ3) is 5.09. The van der Waals surface area contributed by atoms with Crippen molar-refractivity contribution in [3.05, 3.63) is 95.1 Å². The highest BCUT2D eigenvalue weighted by molar-refractivity contribution is 5.98. The minimum atomic E-state index is -0.791. The highest BCUT2D eigenvalue weighted by Gasteiger charge is 2.47. The summed E-state index contributed by atoms with van der Waals surface area (Å²) < 4.78 is 12.5. The molecule has 2 atom stereocenters. The average molecular weight is 459 g/mol. The topological polar surface area (TPSA) is 79.7 Å². The molecule has 0 aliphatic carbocycles. The van der Waals surface area contributed by atoms with Crippen LogP contribution in [0.15, 0.2) is 72.8 Å². The second kappa shape index (κ2) is 10.2. The predicted molar refractivity (Wildman–Crippen MR) is 129 cm³/mol. The van der Waals surface area contributed by atoms with Gasteiger partial charge in [0.25, 0.3) is 5.91 Å². The zero-order valence-corrected chi connectivity index (χ0v) is 19.4. The van der Waals surface area contributed by atoms with Crippen molar-refractivity contribution in [1.29, 1.82) is 0 Å². The number of aryl methyl sites for hydroxylation is 1. The van der Waals surface area contributed by atoms with Crippen LogP contribution in [0, 0.1) is 6.92 Å². The molecule has 0 bridgehead atoms. The summed E-state index contributed by atoms with van der Waals surface area (Å²) >= 11 is 0. The van der Waals surface area contributed by atoms with E-state index in [1.165, 1.54) is 0 Å². The van der Waals surface area contributed by atoms with Crippen molar-refractivity contribution < 1.29 is 23.7 Å². The Balaban J connectivity index is 1.68. The van der Waals surface area contributed by atoms with E-state index in [1.807, 2.05) is 80.7 Å². The van der Waals surface area contributed by atoms with Crippen LogP contribution in [-0.2, 0) is 4.79 Å². The lowest BCUT2D eigenvalue weighted by Crippen LogP contribution is -2.42. The third-order valence-corrected chi connectivity index (χ3v) is 5.64. The molecule has 7 heteroatoms. The number of amides is 2. The van der Waals surface area contributed by atoms with Crippen LogP contribution in [0.3, 0.4) is 0 Å². The van der Waals surface area contributed by atoms with Crippen LogP contribution in [-0.4, -0.2) is 42.5 Å². The van der Waals surface area contributed by atoms with Gasteiger partial charge in [-0.3, -0.25) is 9.59 Å². The van der Waals surface area contributed by atoms with Gasteiger partial charge >= 0.3 is 5.91 Å². The van der Waals surface area contributed by atoms with Crippen molar-refractivity contribution in [2.45, 2.75) is 25.9 Å². The molecular weight excluding hydrogens is 430 g/mol. The summed E-state index contributed by atoms with van der Waals surface area (Å²) in [5.41, 5.74) is 6.12. The van der Waals surface area contributed by atoms with Crippen molar-refractivity contribution >= 4 is 18.0 Å². The van der Waals surface area contributed by atoms with Gasteiger partial charge in [0.2, 0.25) is 12.3 Å². The van der Waals surface area contributed by atoms with Crippen molar-refractivity contribution in [3.63, 3.8) is 0 Å². The van der Waals surface area contributed by atoms with E-state index in [9.17, 15) is 9.59 Å². The largest absolute Gasteiger partial charge is 0.497 e. The van der Waals surface area contributed by atoms with E-state index in [2.05, 4.69) is 10.7 Å². The molecule has 3 aromatic rings. The minimum absolute atomic E-state index is 0.288. The van der Waals surface area contributed by atoms with Gasteiger partial charge in [-0.25, -0.2) is 0 Å². The zero-order valence-electron chi connectivity index (χ0n) is 19.4. The number of nitrogens with one attached hydrogen (secondary N) is 2. The molecule has 1 heterocycles. The number of hydrazone groups is 1. The van der Waals surface area contributed by atoms with E-state index < -0.39 is 12.1 Å². The Morgan fingerprint density at radius 1 is 1.06 bits per heavy atom. The first-order valence-electron chi connectivity index (χ1n) is 11.2. The highest BCUT2D eigenvalue weighted by Crippen LogP contribution is 2.27. The molecule has 1 aliphatic rings. The maximum absolute atomic E-state index is 13.0. The fraction of sp³-hybridized carbons (Fsp3) is 0.222. The molecule has 3 aromatic carbocycles. The number of carbonyl (C=O) groups is 2. The molecule has 0 aromatic heterocycles. The molecule has 4 rings (SSSR count). The van der Waals surface area contributed by atoms with Crippen molar-refractivity contribution in [2.75, 3.05) is 13.7 Å². The van der Waals surface area contributed by atoms with Gasteiger partial charge in [-0.2, -0.15) is 0 Å². The quantitative estimate of drug-likeness (QED) is 0.532. The summed E-state index contributed by atoms with van der Waals surface area (Å²) in [6, 6.07) is 21.1. The molecular formula is C27H28N3O4+. The number of hydrogen-bond donors (Lipinski definition) is 2. The molecule has 2 amide bonds. The Morgan fingerprint density at radius 2 is 1.76 bits per heavy atom. The fourth-order valence-electron chi connectivity index (χ4n) is 3.97. The maximum Gasteiger partial charge on any atom is 0.304 e. The minimum Gasteiger partial charge on any atom is -0.497 e. The van der Waals surface area contributed by atoms with Crippen molar-refractivity contribution in [3.8, 4) is 11.5 Å². The van der Waals surface area contributed by atoms with E-state index in [0.29, 0.717) is 17.9 Å². The molecule has 0 spiro atoms. The van der Waals surface area contributed by atoms with Gasteiger partial charge in [-0.15, -0.1) is 10.1 Å². The molecule has 0 saturated carbocycles. The summed E-state index contributed by atoms with van der Waals surface area (Å²) in [4.78, 5) is 26.0. The summed E-state index contributed by atoms with van der Waals surface area (Å²) in [5.74, 6) is 0.901. The SMILES string of the molecule is CCOc1ccc(/C=[N+]2\NC(=O)[C@@H](NC(=O)c3cccc(C)c3)[C@@H]2c2ccc(OC)cc2)cc1. The van der Waals surface area contributed by atoms with Crippen molar-refractivity contribution in [1.82, 2.24) is 10.7 Å². The fourth-order valence-corrected chi connectivity index (χ4v) is 3.97. The zero-order chi connectivity index (χ0) is 24.1. The lowest BCUT2D eigenvalue weighted by atomic mass is 9.99. The summed E-state index contributed by atoms with van der Waals surface area (Å²) in [6.45, 7) is 4.45. The molecule has 2 N–H and O–H groups in total. The summed E-state index contributed by atoms with van der Waals surface area (Å²) in [6.07, 6.45) is 1.85. The molecule has 1 saturated heterocycles. The Labute approximate surface area is 199 Å². The van der Waals surface area contributed by atoms with Crippen LogP contribution in [0.4, 0.5) is 0 Å². The monoisotopic (exact) mass is 458 g/mol. The number of ether oxygens (including phenoxy) is 2. The summed E-state index contributed by atoms with van der Waals surface area (Å²) in [7, 11) is 1.60. The Kier molecular flexibility index (Phi) is 6.92. The number of carbonyl (C=O) groups excluding carboxylic acids is 2. The molecule has 1 fully saturated rings. The van der Waals surface area contributed by atoms with Gasteiger partial charge in [0.05, 0.1) is 13.7 Å². The van der Waals surface area contributed by atoms with Crippen LogP contribution in [0.1, 0.15) is 40.0 Å². The highest BCUT2D eigenvalue weighted by atomic mass is 16.5. The second-order valence-corrected chi connectivity index (χ2v) is 8.05. The standard InChI is InChI=1S/C27H27N3O4/c1-4-34-23-12-8-19(9-13-23)17-30-25(20-10-14-22(33-3)15-11-20)24(27(32)29-30)28-26(31)21-7-5-6-18(2)16-21/h5-17,24-25H,4H2,1-3H3,(H-,28,29,31,32)/p+1/b30-17-/t24-,25-/m0/s1. The van der Waals surface area contributed by atoms with E-state index in [1.54, 1.807) is 23.9 Å². The molecule has 0 radical (unpaired) electrons. The number of methoxy groups -OCH3 is 1. The first-order chi connectivity index (χ1) is 16.5. The number of rotatable bonds is 7. The predicted octanol–water partition coefficient (Wildman–Crippen LogP) is 3.42. The van der Waals surface area contributed by atoms with E-state index >= 15 is 0 Å². The molecule has 174 valence electrons. The first kappa shape index (κ1) is 23.0. The van der Waals surface area contributed by atoms with Crippen LogP contribution < -0.4 is 20.2 Å². The number of hydrogen-bond acceptors (Lipinski definition) is 4. The van der Waals surface area contributed by atoms with Gasteiger partial charge in [0.1, 0.15) is 11.5 Å². The van der Waals surface area contributed by atoms with Crippen LogP contribution >= 0.6 is 0 Å². The van der Waals surface area contributed by atoms with Crippen LogP contribution in [0.5, 0.6) is 11.5 Å². The molecule has 0 unspecified atom stereocenters. The molecule has 34 heavy (non-hydrogen) atoms. The smallest absolute Gasteiger partial charge is 0.304 e. The average Bonchev–Trinajstić information content (AvgIpc) is 3.14. The van der Waals surface area contributed by atoms with Gasteiger partial charge < -0.3 is 14.8 Å².